The van der Waals surface area contributed by atoms with Crippen molar-refractivity contribution in [3.05, 3.63) is 30.3 Å². The van der Waals surface area contributed by atoms with Gasteiger partial charge in [0.25, 0.3) is 0 Å². The molecule has 0 N–H and O–H groups in total. The van der Waals surface area contributed by atoms with Gasteiger partial charge in [-0.05, 0) is 60.5 Å². The molecule has 7 unspecified atom stereocenters. The van der Waals surface area contributed by atoms with Crippen molar-refractivity contribution >= 4 is 10.8 Å². The summed E-state index contributed by atoms with van der Waals surface area (Å²) >= 11 is 0. The summed E-state index contributed by atoms with van der Waals surface area (Å²) in [6.45, 7) is 0. The summed E-state index contributed by atoms with van der Waals surface area (Å²) in [7, 11) is -0.746. The third-order valence-electron chi connectivity index (χ3n) is 6.00. The van der Waals surface area contributed by atoms with Crippen LogP contribution in [-0.2, 0) is 10.8 Å². The van der Waals surface area contributed by atoms with Crippen molar-refractivity contribution in [1.82, 2.24) is 0 Å². The van der Waals surface area contributed by atoms with E-state index in [-0.39, 0.29) is 0 Å². The Kier molecular flexibility index (Phi) is 1.56. The molecule has 5 fully saturated rings. The van der Waals surface area contributed by atoms with Gasteiger partial charge in [-0.2, -0.15) is 0 Å². The second-order valence-electron chi connectivity index (χ2n) is 6.34. The van der Waals surface area contributed by atoms with E-state index in [4.69, 9.17) is 0 Å². The Bertz CT molecular complexity index is 511. The van der Waals surface area contributed by atoms with E-state index < -0.39 is 10.8 Å². The second-order valence-corrected chi connectivity index (χ2v) is 8.02. The first-order chi connectivity index (χ1) is 8.36. The molecule has 1 aromatic rings. The number of hydrogen-bond donors (Lipinski definition) is 0. The van der Waals surface area contributed by atoms with Crippen molar-refractivity contribution in [2.24, 2.45) is 35.5 Å². The Morgan fingerprint density at radius 2 is 1.65 bits per heavy atom. The van der Waals surface area contributed by atoms with E-state index in [1.165, 1.54) is 12.8 Å². The van der Waals surface area contributed by atoms with Crippen molar-refractivity contribution < 1.29 is 4.21 Å². The summed E-state index contributed by atoms with van der Waals surface area (Å²) < 4.78 is 12.7. The molecule has 6 bridgehead atoms. The lowest BCUT2D eigenvalue weighted by atomic mass is 10.0. The average Bonchev–Trinajstić information content (AvgIpc) is 2.77. The SMILES string of the molecule is O=[S@](c1ccccc1)C1CC2C3CC4C2C4C31. The first-order valence-electron chi connectivity index (χ1n) is 6.82. The quantitative estimate of drug-likeness (QED) is 0.781. The molecule has 0 spiro atoms. The first-order valence-corrected chi connectivity index (χ1v) is 8.03. The van der Waals surface area contributed by atoms with Gasteiger partial charge >= 0.3 is 0 Å². The van der Waals surface area contributed by atoms with Crippen LogP contribution in [0.25, 0.3) is 0 Å². The molecular weight excluding hydrogens is 228 g/mol. The first kappa shape index (κ1) is 9.32. The van der Waals surface area contributed by atoms with Gasteiger partial charge in [0.05, 0.1) is 10.8 Å². The van der Waals surface area contributed by atoms with Gasteiger partial charge in [-0.1, -0.05) is 18.2 Å². The predicted octanol–water partition coefficient (Wildman–Crippen LogP) is 2.69. The molecule has 1 nitrogen and oxygen atoms in total. The standard InChI is InChI=1S/C15H16OS/c16-17(8-4-2-1-3-5-8)12-7-10-9-6-11-13(10)15(11)14(9)12/h1-5,9-15H,6-7H2/t9?,10?,11?,12?,13?,14?,15?,17-/m1/s1. The fourth-order valence-electron chi connectivity index (χ4n) is 5.63. The molecule has 6 rings (SSSR count). The van der Waals surface area contributed by atoms with Crippen LogP contribution in [0, 0.1) is 35.5 Å². The predicted molar refractivity (Wildman–Crippen MR) is 66.8 cm³/mol. The van der Waals surface area contributed by atoms with Crippen LogP contribution >= 0.6 is 0 Å². The fraction of sp³-hybridized carbons (Fsp3) is 0.600. The third kappa shape index (κ3) is 0.965. The van der Waals surface area contributed by atoms with Crippen LogP contribution in [0.15, 0.2) is 35.2 Å². The molecule has 0 radical (unpaired) electrons. The van der Waals surface area contributed by atoms with E-state index in [0.29, 0.717) is 5.25 Å². The highest BCUT2D eigenvalue weighted by Gasteiger charge is 2.78. The molecule has 5 aliphatic carbocycles. The van der Waals surface area contributed by atoms with Crippen molar-refractivity contribution in [1.29, 1.82) is 0 Å². The van der Waals surface area contributed by atoms with Crippen LogP contribution < -0.4 is 0 Å². The normalized spacial score (nSPS) is 54.0. The molecule has 0 aromatic heterocycles. The average molecular weight is 244 g/mol. The van der Waals surface area contributed by atoms with Gasteiger partial charge in [0.1, 0.15) is 0 Å². The monoisotopic (exact) mass is 244 g/mol. The maximum Gasteiger partial charge on any atom is 0.0563 e. The highest BCUT2D eigenvalue weighted by atomic mass is 32.2. The van der Waals surface area contributed by atoms with E-state index in [1.54, 1.807) is 0 Å². The zero-order valence-electron chi connectivity index (χ0n) is 9.66. The van der Waals surface area contributed by atoms with E-state index >= 15 is 0 Å². The molecule has 5 saturated carbocycles. The maximum absolute atomic E-state index is 12.7. The topological polar surface area (TPSA) is 17.1 Å². The van der Waals surface area contributed by atoms with Crippen molar-refractivity contribution in [2.45, 2.75) is 23.0 Å². The van der Waals surface area contributed by atoms with E-state index in [0.717, 1.165) is 40.4 Å². The molecule has 2 heteroatoms. The maximum atomic E-state index is 12.7. The zero-order chi connectivity index (χ0) is 11.1. The summed E-state index contributed by atoms with van der Waals surface area (Å²) in [5.74, 6) is 5.90. The van der Waals surface area contributed by atoms with E-state index in [9.17, 15) is 4.21 Å². The number of benzene rings is 1. The van der Waals surface area contributed by atoms with Gasteiger partial charge in [-0.15, -0.1) is 0 Å². The van der Waals surface area contributed by atoms with Gasteiger partial charge in [0, 0.05) is 10.1 Å². The Labute approximate surface area is 104 Å². The van der Waals surface area contributed by atoms with E-state index in [2.05, 4.69) is 0 Å². The Balaban J connectivity index is 1.50. The van der Waals surface area contributed by atoms with Crippen LogP contribution in [0.3, 0.4) is 0 Å². The molecule has 88 valence electrons. The van der Waals surface area contributed by atoms with Gasteiger partial charge in [0.2, 0.25) is 0 Å². The summed E-state index contributed by atoms with van der Waals surface area (Å²) in [4.78, 5) is 1.06. The van der Waals surface area contributed by atoms with Crippen molar-refractivity contribution in [3.63, 3.8) is 0 Å². The van der Waals surface area contributed by atoms with Gasteiger partial charge in [-0.25, -0.2) is 0 Å². The van der Waals surface area contributed by atoms with Gasteiger partial charge in [0.15, 0.2) is 0 Å². The van der Waals surface area contributed by atoms with Crippen LogP contribution in [0.4, 0.5) is 0 Å². The van der Waals surface area contributed by atoms with Crippen molar-refractivity contribution in [3.8, 4) is 0 Å². The fourth-order valence-corrected chi connectivity index (χ4v) is 7.47. The van der Waals surface area contributed by atoms with E-state index in [1.807, 2.05) is 30.3 Å². The van der Waals surface area contributed by atoms with Crippen LogP contribution in [0.2, 0.25) is 0 Å². The molecule has 0 heterocycles. The smallest absolute Gasteiger partial charge is 0.0563 e. The molecule has 0 saturated heterocycles. The van der Waals surface area contributed by atoms with Crippen LogP contribution in [0.5, 0.6) is 0 Å². The molecule has 0 aliphatic heterocycles. The van der Waals surface area contributed by atoms with Gasteiger partial charge < -0.3 is 0 Å². The molecular formula is C15H16OS. The second kappa shape index (κ2) is 2.85. The number of hydrogen-bond acceptors (Lipinski definition) is 1. The lowest BCUT2D eigenvalue weighted by molar-refractivity contribution is 0.444. The molecule has 0 amide bonds. The van der Waals surface area contributed by atoms with Crippen LogP contribution in [-0.4, -0.2) is 9.46 Å². The molecule has 8 atom stereocenters. The molecule has 17 heavy (non-hydrogen) atoms. The highest BCUT2D eigenvalue weighted by molar-refractivity contribution is 7.85. The minimum Gasteiger partial charge on any atom is -0.254 e. The molecule has 5 aliphatic rings. The van der Waals surface area contributed by atoms with Crippen LogP contribution in [0.1, 0.15) is 12.8 Å². The molecule has 1 aromatic carbocycles. The summed E-state index contributed by atoms with van der Waals surface area (Å²) in [5, 5.41) is 0.487. The largest absolute Gasteiger partial charge is 0.254 e. The minimum atomic E-state index is -0.746. The third-order valence-corrected chi connectivity index (χ3v) is 7.80. The lowest BCUT2D eigenvalue weighted by Gasteiger charge is -2.20. The van der Waals surface area contributed by atoms with Gasteiger partial charge in [-0.3, -0.25) is 4.21 Å². The Morgan fingerprint density at radius 3 is 2.29 bits per heavy atom. The Morgan fingerprint density at radius 1 is 0.882 bits per heavy atom. The zero-order valence-corrected chi connectivity index (χ0v) is 10.5. The summed E-state index contributed by atoms with van der Waals surface area (Å²) in [6, 6.07) is 10.1. The van der Waals surface area contributed by atoms with Crippen molar-refractivity contribution in [2.75, 3.05) is 0 Å². The Hall–Kier alpha value is -0.630. The highest BCUT2D eigenvalue weighted by Crippen LogP contribution is 2.81. The summed E-state index contributed by atoms with van der Waals surface area (Å²) in [6.07, 6.45) is 2.74. The number of rotatable bonds is 2. The minimum absolute atomic E-state index is 0.487. The summed E-state index contributed by atoms with van der Waals surface area (Å²) in [5.41, 5.74) is 0. The lowest BCUT2D eigenvalue weighted by Crippen LogP contribution is -2.24.